The number of carbonyl (C=O) groups excluding carboxylic acids is 3. The van der Waals surface area contributed by atoms with Crippen LogP contribution in [0.5, 0.6) is 0 Å². The topological polar surface area (TPSA) is 136 Å². The van der Waals surface area contributed by atoms with Gasteiger partial charge in [-0.3, -0.25) is 18.9 Å². The Balaban J connectivity index is 4.05. The molecule has 10 heteroatoms. The maximum Gasteiger partial charge on any atom is 0.469 e. The molecule has 0 aromatic carbocycles. The lowest BCUT2D eigenvalue weighted by Gasteiger charge is -2.18. The second-order valence-electron chi connectivity index (χ2n) is 12.9. The SMILES string of the molecule is CCCCC/C=C\C/C=C\CCCCCCCCC(=O)O[C@H](COC(=O)CCCCCCC/C=C\C=C\C(=O)CCCCC)COP(=O)(O)O. The highest BCUT2D eigenvalue weighted by Gasteiger charge is 2.22. The Hall–Kier alpha value is -2.32. The van der Waals surface area contributed by atoms with E-state index in [1.165, 1.54) is 25.7 Å². The number of hydrogen-bond donors (Lipinski definition) is 2. The minimum Gasteiger partial charge on any atom is -0.462 e. The summed E-state index contributed by atoms with van der Waals surface area (Å²) in [6, 6.07) is 0. The number of ketones is 1. The Morgan fingerprint density at radius 3 is 1.68 bits per heavy atom. The van der Waals surface area contributed by atoms with Crippen molar-refractivity contribution in [1.29, 1.82) is 0 Å². The van der Waals surface area contributed by atoms with Crippen LogP contribution in [0.25, 0.3) is 0 Å². The largest absolute Gasteiger partial charge is 0.469 e. The molecule has 0 aliphatic rings. The van der Waals surface area contributed by atoms with Crippen LogP contribution in [0.2, 0.25) is 0 Å². The van der Waals surface area contributed by atoms with Gasteiger partial charge in [-0.05, 0) is 70.3 Å². The molecular formula is C40H69O9P. The molecule has 0 radical (unpaired) electrons. The number of allylic oxidation sites excluding steroid dienone is 8. The Bertz CT molecular complexity index is 1010. The van der Waals surface area contributed by atoms with Crippen molar-refractivity contribution in [3.63, 3.8) is 0 Å². The summed E-state index contributed by atoms with van der Waals surface area (Å²) in [6.45, 7) is 3.46. The Kier molecular flexibility index (Phi) is 33.5. The van der Waals surface area contributed by atoms with Gasteiger partial charge in [-0.2, -0.15) is 0 Å². The van der Waals surface area contributed by atoms with Gasteiger partial charge in [0.1, 0.15) is 6.61 Å². The van der Waals surface area contributed by atoms with Crippen LogP contribution in [0.15, 0.2) is 48.6 Å². The molecule has 0 aromatic heterocycles. The lowest BCUT2D eigenvalue weighted by atomic mass is 10.1. The van der Waals surface area contributed by atoms with Crippen molar-refractivity contribution in [3.8, 4) is 0 Å². The van der Waals surface area contributed by atoms with Crippen molar-refractivity contribution >= 4 is 25.5 Å². The van der Waals surface area contributed by atoms with Crippen LogP contribution >= 0.6 is 7.82 Å². The zero-order chi connectivity index (χ0) is 37.0. The van der Waals surface area contributed by atoms with Gasteiger partial charge in [-0.25, -0.2) is 4.57 Å². The van der Waals surface area contributed by atoms with E-state index in [-0.39, 0.29) is 25.2 Å². The van der Waals surface area contributed by atoms with E-state index in [0.717, 1.165) is 96.3 Å². The van der Waals surface area contributed by atoms with E-state index in [0.29, 0.717) is 19.3 Å². The quantitative estimate of drug-likeness (QED) is 0.0163. The van der Waals surface area contributed by atoms with Gasteiger partial charge in [-0.15, -0.1) is 0 Å². The summed E-state index contributed by atoms with van der Waals surface area (Å²) in [5.41, 5.74) is 0. The third kappa shape index (κ3) is 36.9. The van der Waals surface area contributed by atoms with Crippen LogP contribution in [-0.2, 0) is 32.9 Å². The van der Waals surface area contributed by atoms with E-state index < -0.39 is 32.5 Å². The average Bonchev–Trinajstić information content (AvgIpc) is 3.07. The van der Waals surface area contributed by atoms with Gasteiger partial charge in [0.25, 0.3) is 0 Å². The number of esters is 2. The van der Waals surface area contributed by atoms with E-state index >= 15 is 0 Å². The standard InChI is InChI=1S/C40H69O9P/c1-3-5-7-8-9-10-11-12-13-14-15-16-19-23-26-30-34-40(43)49-38(36-48-50(44,45)46)35-47-39(42)33-29-25-22-20-17-18-21-24-28-32-37(41)31-27-6-4-2/h9-10,12-13,21,24,28,32,38H,3-8,11,14-20,22-23,25-27,29-31,33-36H2,1-2H3,(H2,44,45,46)/b10-9-,13-12-,24-21-,32-28+/t38-/m1/s1. The molecule has 0 saturated heterocycles. The van der Waals surface area contributed by atoms with Gasteiger partial charge in [0.05, 0.1) is 6.61 Å². The number of unbranched alkanes of at least 4 members (excludes halogenated alkanes) is 16. The van der Waals surface area contributed by atoms with Crippen LogP contribution in [-0.4, -0.2) is 46.8 Å². The van der Waals surface area contributed by atoms with Gasteiger partial charge in [-0.1, -0.05) is 127 Å². The fraction of sp³-hybridized carbons (Fsp3) is 0.725. The molecule has 288 valence electrons. The lowest BCUT2D eigenvalue weighted by Crippen LogP contribution is -2.29. The molecule has 0 rings (SSSR count). The molecule has 0 unspecified atom stereocenters. The summed E-state index contributed by atoms with van der Waals surface area (Å²) in [5, 5.41) is 0. The summed E-state index contributed by atoms with van der Waals surface area (Å²) in [7, 11) is -4.77. The minimum absolute atomic E-state index is 0.172. The highest BCUT2D eigenvalue weighted by atomic mass is 31.2. The fourth-order valence-corrected chi connectivity index (χ4v) is 5.45. The smallest absolute Gasteiger partial charge is 0.462 e. The average molecular weight is 725 g/mol. The lowest BCUT2D eigenvalue weighted by molar-refractivity contribution is -0.161. The van der Waals surface area contributed by atoms with Crippen LogP contribution < -0.4 is 0 Å². The normalized spacial score (nSPS) is 12.9. The first-order valence-electron chi connectivity index (χ1n) is 19.4. The number of phosphoric acid groups is 1. The minimum atomic E-state index is -4.77. The maximum absolute atomic E-state index is 12.4. The molecule has 0 aromatic rings. The maximum atomic E-state index is 12.4. The third-order valence-electron chi connectivity index (χ3n) is 8.05. The molecule has 0 saturated carbocycles. The fourth-order valence-electron chi connectivity index (χ4n) is 5.09. The van der Waals surface area contributed by atoms with Crippen LogP contribution in [0.4, 0.5) is 0 Å². The summed E-state index contributed by atoms with van der Waals surface area (Å²) < 4.78 is 26.3. The summed E-state index contributed by atoms with van der Waals surface area (Å²) in [4.78, 5) is 54.4. The van der Waals surface area contributed by atoms with Crippen LogP contribution in [0.1, 0.15) is 168 Å². The molecule has 0 heterocycles. The Morgan fingerprint density at radius 1 is 0.580 bits per heavy atom. The molecule has 1 atom stereocenters. The zero-order valence-corrected chi connectivity index (χ0v) is 32.2. The van der Waals surface area contributed by atoms with Crippen molar-refractivity contribution in [2.45, 2.75) is 174 Å². The predicted molar refractivity (Wildman–Crippen MR) is 203 cm³/mol. The summed E-state index contributed by atoms with van der Waals surface area (Å²) >= 11 is 0. The Morgan fingerprint density at radius 2 is 1.08 bits per heavy atom. The van der Waals surface area contributed by atoms with Crippen molar-refractivity contribution < 1.29 is 42.7 Å². The second-order valence-corrected chi connectivity index (χ2v) is 14.2. The predicted octanol–water partition coefficient (Wildman–Crippen LogP) is 10.7. The zero-order valence-electron chi connectivity index (χ0n) is 31.3. The second kappa shape index (κ2) is 35.1. The molecule has 0 spiro atoms. The van der Waals surface area contributed by atoms with E-state index in [9.17, 15) is 18.9 Å². The van der Waals surface area contributed by atoms with E-state index in [1.807, 2.05) is 12.2 Å². The Labute approximate surface area is 303 Å². The molecular weight excluding hydrogens is 655 g/mol. The third-order valence-corrected chi connectivity index (χ3v) is 8.53. The first-order valence-corrected chi connectivity index (χ1v) is 20.9. The monoisotopic (exact) mass is 724 g/mol. The van der Waals surface area contributed by atoms with Gasteiger partial charge in [0, 0.05) is 19.3 Å². The van der Waals surface area contributed by atoms with Gasteiger partial charge in [0.2, 0.25) is 0 Å². The summed E-state index contributed by atoms with van der Waals surface area (Å²) in [5.74, 6) is -0.788. The summed E-state index contributed by atoms with van der Waals surface area (Å²) in [6.07, 6.45) is 38.1. The highest BCUT2D eigenvalue weighted by molar-refractivity contribution is 7.46. The van der Waals surface area contributed by atoms with Crippen LogP contribution in [0.3, 0.4) is 0 Å². The molecule has 2 N–H and O–H groups in total. The number of rotatable bonds is 35. The molecule has 50 heavy (non-hydrogen) atoms. The van der Waals surface area contributed by atoms with Gasteiger partial charge < -0.3 is 19.3 Å². The van der Waals surface area contributed by atoms with Crippen molar-refractivity contribution in [2.24, 2.45) is 0 Å². The molecule has 9 nitrogen and oxygen atoms in total. The first-order chi connectivity index (χ1) is 24.2. The molecule has 0 aliphatic carbocycles. The molecule has 0 amide bonds. The number of carbonyl (C=O) groups is 3. The van der Waals surface area contributed by atoms with E-state index in [4.69, 9.17) is 19.3 Å². The van der Waals surface area contributed by atoms with Crippen LogP contribution in [0, 0.1) is 0 Å². The van der Waals surface area contributed by atoms with Gasteiger partial charge >= 0.3 is 19.8 Å². The molecule has 0 fully saturated rings. The molecule has 0 aliphatic heterocycles. The number of hydrogen-bond acceptors (Lipinski definition) is 7. The highest BCUT2D eigenvalue weighted by Crippen LogP contribution is 2.36. The van der Waals surface area contributed by atoms with E-state index in [2.05, 4.69) is 48.8 Å². The first kappa shape index (κ1) is 47.7. The van der Waals surface area contributed by atoms with Gasteiger partial charge in [0.15, 0.2) is 11.9 Å². The van der Waals surface area contributed by atoms with Crippen molar-refractivity contribution in [3.05, 3.63) is 48.6 Å². The van der Waals surface area contributed by atoms with E-state index in [1.54, 1.807) is 6.08 Å². The molecule has 0 bridgehead atoms. The number of ether oxygens (including phenoxy) is 2. The van der Waals surface area contributed by atoms with Crippen molar-refractivity contribution in [2.75, 3.05) is 13.2 Å². The number of phosphoric ester groups is 1. The van der Waals surface area contributed by atoms with Crippen molar-refractivity contribution in [1.82, 2.24) is 0 Å².